The molecule has 0 spiro atoms. The first-order valence-electron chi connectivity index (χ1n) is 6.59. The normalized spacial score (nSPS) is 15.8. The Kier molecular flexibility index (Phi) is 5.09. The Balaban J connectivity index is 0.00000147. The number of piperidine rings is 1. The SMILES string of the molecule is Cl.Fc1cccc(Cc2noc(C3CCNCC3)n2)c1. The lowest BCUT2D eigenvalue weighted by Gasteiger charge is -2.18. The van der Waals surface area contributed by atoms with Crippen molar-refractivity contribution < 1.29 is 8.91 Å². The molecule has 1 aliphatic rings. The Morgan fingerprint density at radius 2 is 2.10 bits per heavy atom. The molecule has 1 saturated heterocycles. The van der Waals surface area contributed by atoms with E-state index in [9.17, 15) is 4.39 Å². The standard InChI is InChI=1S/C14H16FN3O.ClH/c15-12-3-1-2-10(8-12)9-13-17-14(19-18-13)11-4-6-16-7-5-11;/h1-3,8,11,16H,4-7,9H2;1H. The third kappa shape index (κ3) is 3.55. The quantitative estimate of drug-likeness (QED) is 0.946. The van der Waals surface area contributed by atoms with Crippen LogP contribution in [0.4, 0.5) is 4.39 Å². The van der Waals surface area contributed by atoms with E-state index in [4.69, 9.17) is 4.52 Å². The van der Waals surface area contributed by atoms with Gasteiger partial charge < -0.3 is 9.84 Å². The molecule has 1 fully saturated rings. The molecule has 6 heteroatoms. The van der Waals surface area contributed by atoms with Gasteiger partial charge in [0, 0.05) is 12.3 Å². The Labute approximate surface area is 123 Å². The van der Waals surface area contributed by atoms with Crippen LogP contribution < -0.4 is 5.32 Å². The molecule has 0 unspecified atom stereocenters. The number of rotatable bonds is 3. The lowest BCUT2D eigenvalue weighted by atomic mass is 9.98. The zero-order valence-corrected chi connectivity index (χ0v) is 11.8. The minimum absolute atomic E-state index is 0. The van der Waals surface area contributed by atoms with E-state index in [0.717, 1.165) is 31.5 Å². The fraction of sp³-hybridized carbons (Fsp3) is 0.429. The molecule has 0 bridgehead atoms. The maximum absolute atomic E-state index is 13.1. The maximum Gasteiger partial charge on any atom is 0.229 e. The van der Waals surface area contributed by atoms with Gasteiger partial charge in [-0.1, -0.05) is 17.3 Å². The number of benzene rings is 1. The molecule has 1 N–H and O–H groups in total. The second-order valence-electron chi connectivity index (χ2n) is 4.88. The van der Waals surface area contributed by atoms with Gasteiger partial charge in [-0.2, -0.15) is 4.98 Å². The monoisotopic (exact) mass is 297 g/mol. The molecule has 1 aliphatic heterocycles. The van der Waals surface area contributed by atoms with Gasteiger partial charge >= 0.3 is 0 Å². The number of hydrogen-bond acceptors (Lipinski definition) is 4. The zero-order valence-electron chi connectivity index (χ0n) is 11.0. The molecular formula is C14H17ClFN3O. The minimum atomic E-state index is -0.237. The van der Waals surface area contributed by atoms with Crippen LogP contribution in [0.2, 0.25) is 0 Å². The second-order valence-corrected chi connectivity index (χ2v) is 4.88. The average molecular weight is 298 g/mol. The fourth-order valence-electron chi connectivity index (χ4n) is 2.40. The highest BCUT2D eigenvalue weighted by molar-refractivity contribution is 5.85. The summed E-state index contributed by atoms with van der Waals surface area (Å²) in [7, 11) is 0. The third-order valence-electron chi connectivity index (χ3n) is 3.42. The van der Waals surface area contributed by atoms with E-state index in [1.54, 1.807) is 6.07 Å². The van der Waals surface area contributed by atoms with Crippen LogP contribution in [-0.4, -0.2) is 23.2 Å². The highest BCUT2D eigenvalue weighted by atomic mass is 35.5. The summed E-state index contributed by atoms with van der Waals surface area (Å²) in [5.74, 6) is 1.46. The number of nitrogens with one attached hydrogen (secondary N) is 1. The third-order valence-corrected chi connectivity index (χ3v) is 3.42. The summed E-state index contributed by atoms with van der Waals surface area (Å²) in [4.78, 5) is 4.43. The first-order chi connectivity index (χ1) is 9.31. The molecule has 1 aromatic heterocycles. The number of aromatic nitrogens is 2. The van der Waals surface area contributed by atoms with Crippen LogP contribution in [-0.2, 0) is 6.42 Å². The van der Waals surface area contributed by atoms with Gasteiger partial charge in [0.2, 0.25) is 5.89 Å². The Morgan fingerprint density at radius 1 is 1.30 bits per heavy atom. The summed E-state index contributed by atoms with van der Waals surface area (Å²) in [6.45, 7) is 1.98. The van der Waals surface area contributed by atoms with Gasteiger partial charge in [-0.05, 0) is 43.6 Å². The van der Waals surface area contributed by atoms with Crippen LogP contribution in [0.5, 0.6) is 0 Å². The van der Waals surface area contributed by atoms with Crippen molar-refractivity contribution >= 4 is 12.4 Å². The predicted molar refractivity (Wildman–Crippen MR) is 75.6 cm³/mol. The number of halogens is 2. The highest BCUT2D eigenvalue weighted by Crippen LogP contribution is 2.23. The molecule has 0 atom stereocenters. The summed E-state index contributed by atoms with van der Waals surface area (Å²) in [5.41, 5.74) is 0.859. The summed E-state index contributed by atoms with van der Waals surface area (Å²) in [6, 6.07) is 6.49. The first kappa shape index (κ1) is 14.9. The van der Waals surface area contributed by atoms with Crippen LogP contribution in [0.25, 0.3) is 0 Å². The van der Waals surface area contributed by atoms with E-state index >= 15 is 0 Å². The Hall–Kier alpha value is -1.46. The highest BCUT2D eigenvalue weighted by Gasteiger charge is 2.21. The van der Waals surface area contributed by atoms with E-state index in [1.165, 1.54) is 12.1 Å². The topological polar surface area (TPSA) is 51.0 Å². The molecular weight excluding hydrogens is 281 g/mol. The van der Waals surface area contributed by atoms with Gasteiger partial charge in [-0.25, -0.2) is 4.39 Å². The van der Waals surface area contributed by atoms with Crippen molar-refractivity contribution in [2.75, 3.05) is 13.1 Å². The smallest absolute Gasteiger partial charge is 0.229 e. The molecule has 1 aromatic carbocycles. The van der Waals surface area contributed by atoms with E-state index in [0.29, 0.717) is 24.1 Å². The summed E-state index contributed by atoms with van der Waals surface area (Å²) >= 11 is 0. The average Bonchev–Trinajstić information content (AvgIpc) is 2.88. The Bertz CT molecular complexity index is 555. The van der Waals surface area contributed by atoms with Crippen molar-refractivity contribution in [3.63, 3.8) is 0 Å². The van der Waals surface area contributed by atoms with Crippen LogP contribution in [0.1, 0.15) is 36.0 Å². The van der Waals surface area contributed by atoms with Crippen LogP contribution in [0.3, 0.4) is 0 Å². The van der Waals surface area contributed by atoms with E-state index in [2.05, 4.69) is 15.5 Å². The van der Waals surface area contributed by atoms with Gasteiger partial charge in [0.05, 0.1) is 0 Å². The number of nitrogens with zero attached hydrogens (tertiary/aromatic N) is 2. The van der Waals surface area contributed by atoms with Gasteiger partial charge in [-0.3, -0.25) is 0 Å². The zero-order chi connectivity index (χ0) is 13.1. The summed E-state index contributed by atoms with van der Waals surface area (Å²) in [5, 5.41) is 7.29. The lowest BCUT2D eigenvalue weighted by Crippen LogP contribution is -2.26. The van der Waals surface area contributed by atoms with Crippen molar-refractivity contribution in [2.45, 2.75) is 25.2 Å². The van der Waals surface area contributed by atoms with Crippen molar-refractivity contribution in [1.29, 1.82) is 0 Å². The van der Waals surface area contributed by atoms with Crippen molar-refractivity contribution in [3.05, 3.63) is 47.4 Å². The molecule has 20 heavy (non-hydrogen) atoms. The van der Waals surface area contributed by atoms with Crippen LogP contribution >= 0.6 is 12.4 Å². The van der Waals surface area contributed by atoms with Crippen molar-refractivity contribution in [1.82, 2.24) is 15.5 Å². The van der Waals surface area contributed by atoms with Gasteiger partial charge in [0.15, 0.2) is 5.82 Å². The molecule has 3 rings (SSSR count). The Morgan fingerprint density at radius 3 is 2.85 bits per heavy atom. The van der Waals surface area contributed by atoms with Crippen LogP contribution in [0, 0.1) is 5.82 Å². The fourth-order valence-corrected chi connectivity index (χ4v) is 2.40. The predicted octanol–water partition coefficient (Wildman–Crippen LogP) is 2.69. The molecule has 2 aromatic rings. The molecule has 0 radical (unpaired) electrons. The summed E-state index contributed by atoms with van der Waals surface area (Å²) in [6.07, 6.45) is 2.56. The van der Waals surface area contributed by atoms with Crippen molar-refractivity contribution in [2.24, 2.45) is 0 Å². The lowest BCUT2D eigenvalue weighted by molar-refractivity contribution is 0.318. The molecule has 108 valence electrons. The van der Waals surface area contributed by atoms with E-state index in [1.807, 2.05) is 6.07 Å². The summed E-state index contributed by atoms with van der Waals surface area (Å²) < 4.78 is 18.4. The van der Waals surface area contributed by atoms with E-state index in [-0.39, 0.29) is 18.2 Å². The minimum Gasteiger partial charge on any atom is -0.339 e. The maximum atomic E-state index is 13.1. The van der Waals surface area contributed by atoms with Gasteiger partial charge in [0.25, 0.3) is 0 Å². The number of hydrogen-bond donors (Lipinski definition) is 1. The van der Waals surface area contributed by atoms with Crippen molar-refractivity contribution in [3.8, 4) is 0 Å². The molecule has 4 nitrogen and oxygen atoms in total. The largest absolute Gasteiger partial charge is 0.339 e. The first-order valence-corrected chi connectivity index (χ1v) is 6.59. The van der Waals surface area contributed by atoms with Gasteiger partial charge in [0.1, 0.15) is 5.82 Å². The molecule has 2 heterocycles. The second kappa shape index (κ2) is 6.81. The molecule has 0 saturated carbocycles. The van der Waals surface area contributed by atoms with E-state index < -0.39 is 0 Å². The molecule has 0 aliphatic carbocycles. The molecule has 0 amide bonds. The van der Waals surface area contributed by atoms with Gasteiger partial charge in [-0.15, -0.1) is 12.4 Å². The van der Waals surface area contributed by atoms with Crippen LogP contribution in [0.15, 0.2) is 28.8 Å².